The molecule has 5 heteroatoms. The first kappa shape index (κ1) is 18.2. The molecule has 0 fully saturated rings. The molecule has 5 nitrogen and oxygen atoms in total. The number of rotatable bonds is 5. The number of benzene rings is 2. The summed E-state index contributed by atoms with van der Waals surface area (Å²) in [6.07, 6.45) is 3.00. The highest BCUT2D eigenvalue weighted by Crippen LogP contribution is 2.15. The van der Waals surface area contributed by atoms with E-state index in [4.69, 9.17) is 4.42 Å². The minimum Gasteiger partial charge on any atom is -0.465 e. The molecule has 0 saturated carbocycles. The fourth-order valence-electron chi connectivity index (χ4n) is 2.48. The van der Waals surface area contributed by atoms with Gasteiger partial charge >= 0.3 is 0 Å². The first-order chi connectivity index (χ1) is 13.0. The number of hydrogen-bond donors (Lipinski definition) is 2. The van der Waals surface area contributed by atoms with Crippen LogP contribution in [0.25, 0.3) is 6.08 Å². The van der Waals surface area contributed by atoms with Gasteiger partial charge in [0.2, 0.25) is 0 Å². The Hall–Kier alpha value is -3.60. The van der Waals surface area contributed by atoms with E-state index in [-0.39, 0.29) is 11.6 Å². The summed E-state index contributed by atoms with van der Waals surface area (Å²) in [4.78, 5) is 25.3. The second-order valence-corrected chi connectivity index (χ2v) is 6.16. The van der Waals surface area contributed by atoms with Crippen LogP contribution in [0.2, 0.25) is 0 Å². The van der Waals surface area contributed by atoms with E-state index >= 15 is 0 Å². The minimum absolute atomic E-state index is 0.0961. The smallest absolute Gasteiger partial charge is 0.272 e. The Labute approximate surface area is 157 Å². The zero-order valence-corrected chi connectivity index (χ0v) is 15.2. The SMILES string of the molecule is Cc1ccc(C(=O)N/C(=C/c2ccco2)C(=O)Nc2ccccc2C)cc1. The van der Waals surface area contributed by atoms with Crippen molar-refractivity contribution >= 4 is 23.6 Å². The van der Waals surface area contributed by atoms with Crippen molar-refractivity contribution in [2.24, 2.45) is 0 Å². The Balaban J connectivity index is 1.85. The predicted molar refractivity (Wildman–Crippen MR) is 105 cm³/mol. The van der Waals surface area contributed by atoms with Gasteiger partial charge in [-0.2, -0.15) is 0 Å². The molecule has 3 rings (SSSR count). The van der Waals surface area contributed by atoms with E-state index in [2.05, 4.69) is 10.6 Å². The Morgan fingerprint density at radius 3 is 2.33 bits per heavy atom. The molecule has 0 saturated heterocycles. The lowest BCUT2D eigenvalue weighted by Crippen LogP contribution is -2.30. The molecule has 0 aliphatic carbocycles. The highest BCUT2D eigenvalue weighted by Gasteiger charge is 2.16. The van der Waals surface area contributed by atoms with E-state index in [0.29, 0.717) is 17.0 Å². The molecule has 2 amide bonds. The lowest BCUT2D eigenvalue weighted by atomic mass is 10.1. The summed E-state index contributed by atoms with van der Waals surface area (Å²) in [5.74, 6) is -0.331. The van der Waals surface area contributed by atoms with Crippen LogP contribution in [0.4, 0.5) is 5.69 Å². The lowest BCUT2D eigenvalue weighted by Gasteiger charge is -2.12. The van der Waals surface area contributed by atoms with Gasteiger partial charge in [0.25, 0.3) is 11.8 Å². The van der Waals surface area contributed by atoms with Crippen molar-refractivity contribution in [3.05, 3.63) is 95.1 Å². The third-order valence-corrected chi connectivity index (χ3v) is 4.03. The number of carbonyl (C=O) groups excluding carboxylic acids is 2. The molecular weight excluding hydrogens is 340 g/mol. The maximum absolute atomic E-state index is 12.8. The summed E-state index contributed by atoms with van der Waals surface area (Å²) in [6, 6.07) is 18.0. The molecule has 2 aromatic carbocycles. The molecule has 27 heavy (non-hydrogen) atoms. The Morgan fingerprint density at radius 2 is 1.67 bits per heavy atom. The lowest BCUT2D eigenvalue weighted by molar-refractivity contribution is -0.113. The van der Waals surface area contributed by atoms with Gasteiger partial charge in [-0.1, -0.05) is 35.9 Å². The topological polar surface area (TPSA) is 71.3 Å². The highest BCUT2D eigenvalue weighted by molar-refractivity contribution is 6.10. The Kier molecular flexibility index (Phi) is 5.52. The molecule has 2 N–H and O–H groups in total. The summed E-state index contributed by atoms with van der Waals surface area (Å²) in [5, 5.41) is 5.51. The van der Waals surface area contributed by atoms with Gasteiger partial charge in [0.15, 0.2) is 0 Å². The van der Waals surface area contributed by atoms with E-state index in [1.807, 2.05) is 44.2 Å². The van der Waals surface area contributed by atoms with Gasteiger partial charge in [-0.3, -0.25) is 9.59 Å². The molecule has 3 aromatic rings. The molecule has 0 spiro atoms. The molecular formula is C22H20N2O3. The van der Waals surface area contributed by atoms with Crippen molar-refractivity contribution in [3.8, 4) is 0 Å². The fraction of sp³-hybridized carbons (Fsp3) is 0.0909. The molecule has 0 radical (unpaired) electrons. The Bertz CT molecular complexity index is 971. The van der Waals surface area contributed by atoms with Gasteiger partial charge in [0.1, 0.15) is 11.5 Å². The summed E-state index contributed by atoms with van der Waals surface area (Å²) in [7, 11) is 0. The number of para-hydroxylation sites is 1. The van der Waals surface area contributed by atoms with Crippen molar-refractivity contribution < 1.29 is 14.0 Å². The number of nitrogens with one attached hydrogen (secondary N) is 2. The number of hydrogen-bond acceptors (Lipinski definition) is 3. The number of anilines is 1. The molecule has 0 aliphatic rings. The average Bonchev–Trinajstić information content (AvgIpc) is 3.16. The van der Waals surface area contributed by atoms with Crippen LogP contribution in [0, 0.1) is 13.8 Å². The molecule has 0 unspecified atom stereocenters. The zero-order chi connectivity index (χ0) is 19.2. The van der Waals surface area contributed by atoms with Gasteiger partial charge in [-0.25, -0.2) is 0 Å². The molecule has 1 aromatic heterocycles. The summed E-state index contributed by atoms with van der Waals surface area (Å²) >= 11 is 0. The van der Waals surface area contributed by atoms with E-state index in [9.17, 15) is 9.59 Å². The van der Waals surface area contributed by atoms with E-state index < -0.39 is 5.91 Å². The van der Waals surface area contributed by atoms with E-state index in [1.165, 1.54) is 12.3 Å². The van der Waals surface area contributed by atoms with Crippen LogP contribution in [-0.2, 0) is 4.79 Å². The third-order valence-electron chi connectivity index (χ3n) is 4.03. The van der Waals surface area contributed by atoms with Crippen LogP contribution in [0.3, 0.4) is 0 Å². The van der Waals surface area contributed by atoms with E-state index in [0.717, 1.165) is 11.1 Å². The number of furan rings is 1. The van der Waals surface area contributed by atoms with Gasteiger partial charge in [-0.05, 0) is 49.7 Å². The van der Waals surface area contributed by atoms with Crippen LogP contribution >= 0.6 is 0 Å². The maximum Gasteiger partial charge on any atom is 0.272 e. The van der Waals surface area contributed by atoms with Crippen molar-refractivity contribution in [1.29, 1.82) is 0 Å². The minimum atomic E-state index is -0.429. The monoisotopic (exact) mass is 360 g/mol. The second-order valence-electron chi connectivity index (χ2n) is 6.16. The quantitative estimate of drug-likeness (QED) is 0.666. The molecule has 1 heterocycles. The van der Waals surface area contributed by atoms with Crippen molar-refractivity contribution in [1.82, 2.24) is 5.32 Å². The van der Waals surface area contributed by atoms with Crippen molar-refractivity contribution in [3.63, 3.8) is 0 Å². The molecule has 136 valence electrons. The van der Waals surface area contributed by atoms with Gasteiger partial charge in [-0.15, -0.1) is 0 Å². The molecule has 0 atom stereocenters. The summed E-state index contributed by atoms with van der Waals surface area (Å²) < 4.78 is 5.28. The van der Waals surface area contributed by atoms with Gasteiger partial charge in [0, 0.05) is 17.3 Å². The first-order valence-electron chi connectivity index (χ1n) is 8.53. The molecule has 0 aliphatic heterocycles. The van der Waals surface area contributed by atoms with Crippen molar-refractivity contribution in [2.45, 2.75) is 13.8 Å². The highest BCUT2D eigenvalue weighted by atomic mass is 16.3. The maximum atomic E-state index is 12.8. The standard InChI is InChI=1S/C22H20N2O3/c1-15-9-11-17(12-10-15)21(25)24-20(14-18-7-5-13-27-18)22(26)23-19-8-4-3-6-16(19)2/h3-14H,1-2H3,(H,23,26)(H,24,25)/b20-14+. The first-order valence-corrected chi connectivity index (χ1v) is 8.53. The fourth-order valence-corrected chi connectivity index (χ4v) is 2.48. The van der Waals surface area contributed by atoms with Crippen LogP contribution < -0.4 is 10.6 Å². The number of amides is 2. The van der Waals surface area contributed by atoms with Crippen LogP contribution in [-0.4, -0.2) is 11.8 Å². The van der Waals surface area contributed by atoms with Crippen molar-refractivity contribution in [2.75, 3.05) is 5.32 Å². The van der Waals surface area contributed by atoms with Crippen LogP contribution in [0.1, 0.15) is 27.2 Å². The van der Waals surface area contributed by atoms with E-state index in [1.54, 1.807) is 30.3 Å². The number of carbonyl (C=O) groups is 2. The Morgan fingerprint density at radius 1 is 0.926 bits per heavy atom. The normalized spacial score (nSPS) is 11.1. The zero-order valence-electron chi connectivity index (χ0n) is 15.2. The average molecular weight is 360 g/mol. The second kappa shape index (κ2) is 8.19. The third kappa shape index (κ3) is 4.73. The summed E-state index contributed by atoms with van der Waals surface area (Å²) in [5.41, 5.74) is 3.22. The largest absolute Gasteiger partial charge is 0.465 e. The van der Waals surface area contributed by atoms with Crippen LogP contribution in [0.15, 0.2) is 77.0 Å². The van der Waals surface area contributed by atoms with Gasteiger partial charge < -0.3 is 15.1 Å². The van der Waals surface area contributed by atoms with Crippen LogP contribution in [0.5, 0.6) is 0 Å². The number of aryl methyl sites for hydroxylation is 2. The summed E-state index contributed by atoms with van der Waals surface area (Å²) in [6.45, 7) is 3.84. The van der Waals surface area contributed by atoms with Gasteiger partial charge in [0.05, 0.1) is 6.26 Å². The molecule has 0 bridgehead atoms. The predicted octanol–water partition coefficient (Wildman–Crippen LogP) is 4.31.